The first kappa shape index (κ1) is 17.1. The van der Waals surface area contributed by atoms with Gasteiger partial charge in [0.05, 0.1) is 11.4 Å². The lowest BCUT2D eigenvalue weighted by Crippen LogP contribution is -2.32. The van der Waals surface area contributed by atoms with Gasteiger partial charge in [0.25, 0.3) is 0 Å². The molecule has 0 radical (unpaired) electrons. The van der Waals surface area contributed by atoms with Crippen LogP contribution < -0.4 is 5.48 Å². The fourth-order valence-corrected chi connectivity index (χ4v) is 3.80. The third-order valence-corrected chi connectivity index (χ3v) is 5.44. The molecular formula is C19H17ClN4OS. The number of halogens is 1. The van der Waals surface area contributed by atoms with E-state index in [1.807, 2.05) is 42.5 Å². The number of hydroxylamine groups is 1. The summed E-state index contributed by atoms with van der Waals surface area (Å²) >= 11 is 7.79. The Morgan fingerprint density at radius 1 is 1.15 bits per heavy atom. The fraction of sp³-hybridized carbons (Fsp3) is 0.158. The van der Waals surface area contributed by atoms with Gasteiger partial charge in [0.1, 0.15) is 18.8 Å². The normalized spacial score (nSPS) is 17.2. The molecule has 4 rings (SSSR count). The van der Waals surface area contributed by atoms with Crippen molar-refractivity contribution < 1.29 is 4.84 Å². The average molecular weight is 385 g/mol. The zero-order valence-electron chi connectivity index (χ0n) is 13.9. The molecule has 2 heterocycles. The largest absolute Gasteiger partial charge is 0.271 e. The van der Waals surface area contributed by atoms with Crippen LogP contribution in [0.25, 0.3) is 11.4 Å². The summed E-state index contributed by atoms with van der Waals surface area (Å²) in [7, 11) is 0. The second kappa shape index (κ2) is 7.95. The van der Waals surface area contributed by atoms with E-state index < -0.39 is 0 Å². The van der Waals surface area contributed by atoms with Crippen molar-refractivity contribution in [2.75, 3.05) is 5.75 Å². The molecule has 1 N–H and O–H groups in total. The smallest absolute Gasteiger partial charge is 0.138 e. The van der Waals surface area contributed by atoms with Gasteiger partial charge in [-0.1, -0.05) is 41.9 Å². The van der Waals surface area contributed by atoms with Gasteiger partial charge in [0.15, 0.2) is 0 Å². The van der Waals surface area contributed by atoms with Crippen LogP contribution in [-0.4, -0.2) is 26.6 Å². The van der Waals surface area contributed by atoms with E-state index in [-0.39, 0.29) is 6.10 Å². The molecule has 0 saturated carbocycles. The summed E-state index contributed by atoms with van der Waals surface area (Å²) in [6, 6.07) is 18.0. The van der Waals surface area contributed by atoms with Gasteiger partial charge >= 0.3 is 0 Å². The van der Waals surface area contributed by atoms with Gasteiger partial charge in [-0.2, -0.15) is 5.10 Å². The van der Waals surface area contributed by atoms with Crippen molar-refractivity contribution >= 4 is 34.8 Å². The summed E-state index contributed by atoms with van der Waals surface area (Å²) in [6.07, 6.45) is 4.00. The quantitative estimate of drug-likeness (QED) is 0.663. The van der Waals surface area contributed by atoms with Gasteiger partial charge < -0.3 is 0 Å². The number of hydrogen-bond acceptors (Lipinski definition) is 5. The number of thioether (sulfide) groups is 1. The number of nitrogens with zero attached hydrogens (tertiary/aromatic N) is 3. The minimum Gasteiger partial charge on any atom is -0.271 e. The molecule has 2 aromatic carbocycles. The molecule has 0 fully saturated rings. The van der Waals surface area contributed by atoms with E-state index in [1.54, 1.807) is 22.8 Å². The number of benzene rings is 2. The van der Waals surface area contributed by atoms with Crippen molar-refractivity contribution in [3.63, 3.8) is 0 Å². The minimum atomic E-state index is 0.0236. The molecule has 1 atom stereocenters. The first-order chi connectivity index (χ1) is 12.8. The lowest BCUT2D eigenvalue weighted by atomic mass is 10.1. The summed E-state index contributed by atoms with van der Waals surface area (Å²) < 4.78 is 1.79. The van der Waals surface area contributed by atoms with Crippen molar-refractivity contribution in [2.24, 2.45) is 0 Å². The molecule has 0 bridgehead atoms. The highest BCUT2D eigenvalue weighted by Crippen LogP contribution is 2.31. The SMILES string of the molecule is Clc1ccc(C2=C(n3cncn3)CC(CSc3ccccc3)ON2)cc1. The predicted octanol–water partition coefficient (Wildman–Crippen LogP) is 4.34. The van der Waals surface area contributed by atoms with E-state index in [0.29, 0.717) is 5.02 Å². The van der Waals surface area contributed by atoms with Crippen molar-refractivity contribution in [3.8, 4) is 0 Å². The van der Waals surface area contributed by atoms with Crippen LogP contribution in [0.3, 0.4) is 0 Å². The highest BCUT2D eigenvalue weighted by molar-refractivity contribution is 7.99. The second-order valence-electron chi connectivity index (χ2n) is 5.84. The number of aromatic nitrogens is 3. The van der Waals surface area contributed by atoms with E-state index in [9.17, 15) is 0 Å². The van der Waals surface area contributed by atoms with Gasteiger partial charge in [-0.3, -0.25) is 10.3 Å². The lowest BCUT2D eigenvalue weighted by Gasteiger charge is -2.28. The third kappa shape index (κ3) is 3.93. The van der Waals surface area contributed by atoms with Gasteiger partial charge in [0, 0.05) is 27.7 Å². The summed E-state index contributed by atoms with van der Waals surface area (Å²) in [6.45, 7) is 0. The Morgan fingerprint density at radius 2 is 1.96 bits per heavy atom. The third-order valence-electron chi connectivity index (χ3n) is 4.04. The zero-order chi connectivity index (χ0) is 17.8. The highest BCUT2D eigenvalue weighted by Gasteiger charge is 2.24. The Labute approximate surface area is 161 Å². The summed E-state index contributed by atoms with van der Waals surface area (Å²) in [5.41, 5.74) is 6.01. The molecule has 0 aliphatic carbocycles. The van der Waals surface area contributed by atoms with Gasteiger partial charge in [-0.25, -0.2) is 9.67 Å². The van der Waals surface area contributed by atoms with Crippen molar-refractivity contribution in [3.05, 3.63) is 77.8 Å². The monoisotopic (exact) mass is 384 g/mol. The van der Waals surface area contributed by atoms with Crippen LogP contribution >= 0.6 is 23.4 Å². The van der Waals surface area contributed by atoms with Crippen LogP contribution in [0.5, 0.6) is 0 Å². The molecule has 5 nitrogen and oxygen atoms in total. The second-order valence-corrected chi connectivity index (χ2v) is 7.37. The molecular weight excluding hydrogens is 368 g/mol. The Kier molecular flexibility index (Phi) is 5.24. The van der Waals surface area contributed by atoms with Crippen LogP contribution in [-0.2, 0) is 4.84 Å². The standard InChI is InChI=1S/C19H17ClN4OS/c20-15-8-6-14(7-9-15)19-18(24-13-21-12-22-24)10-16(25-23-19)11-26-17-4-2-1-3-5-17/h1-9,12-13,16,23H,10-11H2. The van der Waals surface area contributed by atoms with Crippen molar-refractivity contribution in [2.45, 2.75) is 17.4 Å². The minimum absolute atomic E-state index is 0.0236. The van der Waals surface area contributed by atoms with Gasteiger partial charge in [-0.05, 0) is 24.3 Å². The van der Waals surface area contributed by atoms with E-state index >= 15 is 0 Å². The molecule has 3 aromatic rings. The molecule has 1 unspecified atom stereocenters. The molecule has 0 spiro atoms. The maximum absolute atomic E-state index is 6.01. The molecule has 1 aliphatic heterocycles. The molecule has 26 heavy (non-hydrogen) atoms. The maximum atomic E-state index is 6.01. The van der Waals surface area contributed by atoms with E-state index in [1.165, 1.54) is 11.2 Å². The summed E-state index contributed by atoms with van der Waals surface area (Å²) in [5.74, 6) is 0.836. The first-order valence-electron chi connectivity index (χ1n) is 8.23. The van der Waals surface area contributed by atoms with E-state index in [0.717, 1.165) is 29.1 Å². The van der Waals surface area contributed by atoms with E-state index in [2.05, 4.69) is 27.7 Å². The first-order valence-corrected chi connectivity index (χ1v) is 9.59. The van der Waals surface area contributed by atoms with Crippen molar-refractivity contribution in [1.29, 1.82) is 0 Å². The van der Waals surface area contributed by atoms with Crippen molar-refractivity contribution in [1.82, 2.24) is 20.2 Å². The fourth-order valence-electron chi connectivity index (χ4n) is 2.76. The van der Waals surface area contributed by atoms with Crippen LogP contribution in [0.2, 0.25) is 5.02 Å². The highest BCUT2D eigenvalue weighted by atomic mass is 35.5. The Hall–Kier alpha value is -2.28. The molecule has 0 amide bonds. The molecule has 1 aromatic heterocycles. The Balaban J connectivity index is 1.56. The predicted molar refractivity (Wildman–Crippen MR) is 104 cm³/mol. The molecule has 7 heteroatoms. The number of rotatable bonds is 5. The van der Waals surface area contributed by atoms with Crippen LogP contribution in [0, 0.1) is 0 Å². The van der Waals surface area contributed by atoms with Crippen LogP contribution in [0.1, 0.15) is 12.0 Å². The van der Waals surface area contributed by atoms with Crippen LogP contribution in [0.15, 0.2) is 72.1 Å². The lowest BCUT2D eigenvalue weighted by molar-refractivity contribution is 0.0141. The molecule has 1 aliphatic rings. The summed E-state index contributed by atoms with van der Waals surface area (Å²) in [5, 5.41) is 5.00. The average Bonchev–Trinajstić information content (AvgIpc) is 3.22. The van der Waals surface area contributed by atoms with E-state index in [4.69, 9.17) is 16.4 Å². The summed E-state index contributed by atoms with van der Waals surface area (Å²) in [4.78, 5) is 11.2. The van der Waals surface area contributed by atoms with Gasteiger partial charge in [0.2, 0.25) is 0 Å². The number of hydrogen-bond donors (Lipinski definition) is 1. The van der Waals surface area contributed by atoms with Gasteiger partial charge in [-0.15, -0.1) is 11.8 Å². The van der Waals surface area contributed by atoms with Crippen LogP contribution in [0.4, 0.5) is 0 Å². The molecule has 132 valence electrons. The maximum Gasteiger partial charge on any atom is 0.138 e. The topological polar surface area (TPSA) is 52.0 Å². The number of nitrogens with one attached hydrogen (secondary N) is 1. The Bertz CT molecular complexity index is 882. The zero-order valence-corrected chi connectivity index (χ0v) is 15.5. The Morgan fingerprint density at radius 3 is 2.69 bits per heavy atom. The molecule has 0 saturated heterocycles.